The molecule has 0 fully saturated rings. The van der Waals surface area contributed by atoms with Crippen LogP contribution < -0.4 is 4.80 Å². The number of halogens is 1. The fraction of sp³-hybridized carbons (Fsp3) is 0.263. The largest absolute Gasteiger partial charge is 0.316 e. The van der Waals surface area contributed by atoms with E-state index in [1.54, 1.807) is 34.9 Å². The van der Waals surface area contributed by atoms with E-state index in [1.165, 1.54) is 4.90 Å². The first-order valence-electron chi connectivity index (χ1n) is 8.20. The topological polar surface area (TPSA) is 34.4 Å². The standard InChI is InChI=1S/C19H19BrN2OS3/c1-24-12-10-22-16-8-7-14(20)13-17(16)26-19(22)21-18(23)9-11-25-15-5-3-2-4-6-15/h2-8,13H,9-12H2,1H3. The fourth-order valence-corrected chi connectivity index (χ4v) is 5.32. The molecule has 1 aromatic heterocycles. The van der Waals surface area contributed by atoms with Gasteiger partial charge in [-0.15, -0.1) is 11.8 Å². The molecule has 0 spiro atoms. The molecule has 0 atom stereocenters. The summed E-state index contributed by atoms with van der Waals surface area (Å²) in [5.41, 5.74) is 1.14. The highest BCUT2D eigenvalue weighted by Crippen LogP contribution is 2.23. The number of amides is 1. The number of aromatic nitrogens is 1. The molecule has 3 rings (SSSR count). The van der Waals surface area contributed by atoms with E-state index in [0.29, 0.717) is 6.42 Å². The van der Waals surface area contributed by atoms with Gasteiger partial charge in [0.05, 0.1) is 10.2 Å². The number of benzene rings is 2. The molecule has 0 saturated carbocycles. The van der Waals surface area contributed by atoms with Crippen LogP contribution in [-0.2, 0) is 11.3 Å². The van der Waals surface area contributed by atoms with Crippen molar-refractivity contribution in [1.82, 2.24) is 4.57 Å². The summed E-state index contributed by atoms with van der Waals surface area (Å²) in [5, 5.41) is 0. The maximum absolute atomic E-state index is 12.4. The molecule has 0 aliphatic rings. The van der Waals surface area contributed by atoms with Gasteiger partial charge in [0, 0.05) is 33.8 Å². The Morgan fingerprint density at radius 2 is 2.00 bits per heavy atom. The van der Waals surface area contributed by atoms with E-state index in [1.807, 2.05) is 24.3 Å². The van der Waals surface area contributed by atoms with Crippen molar-refractivity contribution in [3.8, 4) is 0 Å². The van der Waals surface area contributed by atoms with E-state index in [2.05, 4.69) is 56.0 Å². The summed E-state index contributed by atoms with van der Waals surface area (Å²) in [7, 11) is 0. The summed E-state index contributed by atoms with van der Waals surface area (Å²) in [6.45, 7) is 0.855. The molecular formula is C19H19BrN2OS3. The molecule has 7 heteroatoms. The fourth-order valence-electron chi connectivity index (χ4n) is 2.47. The molecule has 1 heterocycles. The van der Waals surface area contributed by atoms with Gasteiger partial charge in [-0.25, -0.2) is 0 Å². The summed E-state index contributed by atoms with van der Waals surface area (Å²) in [5.74, 6) is 1.68. The summed E-state index contributed by atoms with van der Waals surface area (Å²) in [6, 6.07) is 16.4. The number of rotatable bonds is 7. The van der Waals surface area contributed by atoms with Crippen molar-refractivity contribution in [2.45, 2.75) is 17.9 Å². The summed E-state index contributed by atoms with van der Waals surface area (Å²) in [6.07, 6.45) is 2.54. The highest BCUT2D eigenvalue weighted by molar-refractivity contribution is 9.10. The predicted octanol–water partition coefficient (Wildman–Crippen LogP) is 5.44. The third-order valence-corrected chi connectivity index (χ3v) is 6.85. The average Bonchev–Trinajstić information content (AvgIpc) is 2.96. The lowest BCUT2D eigenvalue weighted by Gasteiger charge is -2.04. The molecule has 0 bridgehead atoms. The summed E-state index contributed by atoms with van der Waals surface area (Å²) >= 11 is 8.58. The number of carbonyl (C=O) groups is 1. The monoisotopic (exact) mass is 466 g/mol. The second-order valence-corrected chi connectivity index (χ2v) is 9.64. The molecule has 2 aromatic carbocycles. The number of thiazole rings is 1. The van der Waals surface area contributed by atoms with Crippen molar-refractivity contribution in [3.05, 3.63) is 57.8 Å². The van der Waals surface area contributed by atoms with Gasteiger partial charge in [0.2, 0.25) is 5.91 Å². The lowest BCUT2D eigenvalue weighted by molar-refractivity contribution is -0.117. The Balaban J connectivity index is 1.77. The van der Waals surface area contributed by atoms with E-state index >= 15 is 0 Å². The molecule has 0 aliphatic heterocycles. The molecule has 0 saturated heterocycles. The van der Waals surface area contributed by atoms with Gasteiger partial charge in [-0.3, -0.25) is 4.79 Å². The Bertz CT molecular complexity index is 950. The minimum Gasteiger partial charge on any atom is -0.316 e. The number of hydrogen-bond acceptors (Lipinski definition) is 4. The van der Waals surface area contributed by atoms with E-state index < -0.39 is 0 Å². The second-order valence-electron chi connectivity index (χ2n) is 5.56. The average molecular weight is 467 g/mol. The molecular weight excluding hydrogens is 448 g/mol. The Labute approximate surface area is 174 Å². The quantitative estimate of drug-likeness (QED) is 0.434. The maximum Gasteiger partial charge on any atom is 0.249 e. The lowest BCUT2D eigenvalue weighted by atomic mass is 10.3. The van der Waals surface area contributed by atoms with Gasteiger partial charge >= 0.3 is 0 Å². The lowest BCUT2D eigenvalue weighted by Crippen LogP contribution is -2.18. The maximum atomic E-state index is 12.4. The zero-order chi connectivity index (χ0) is 18.4. The van der Waals surface area contributed by atoms with Crippen molar-refractivity contribution in [1.29, 1.82) is 0 Å². The SMILES string of the molecule is CSCCn1c(=NC(=O)CCSc2ccccc2)sc2cc(Br)ccc21. The van der Waals surface area contributed by atoms with E-state index in [-0.39, 0.29) is 5.91 Å². The minimum absolute atomic E-state index is 0.0584. The first-order valence-corrected chi connectivity index (χ1v) is 12.2. The molecule has 0 radical (unpaired) electrons. The number of carbonyl (C=O) groups excluding carboxylic acids is 1. The van der Waals surface area contributed by atoms with Crippen LogP contribution in [0.15, 0.2) is 62.9 Å². The van der Waals surface area contributed by atoms with Gasteiger partial charge < -0.3 is 4.57 Å². The Morgan fingerprint density at radius 3 is 2.77 bits per heavy atom. The van der Waals surface area contributed by atoms with Crippen LogP contribution in [0.25, 0.3) is 10.2 Å². The number of aryl methyl sites for hydroxylation is 1. The Morgan fingerprint density at radius 1 is 1.19 bits per heavy atom. The van der Waals surface area contributed by atoms with Crippen LogP contribution in [-0.4, -0.2) is 28.2 Å². The summed E-state index contributed by atoms with van der Waals surface area (Å²) in [4.78, 5) is 18.8. The highest BCUT2D eigenvalue weighted by atomic mass is 79.9. The normalized spacial score (nSPS) is 12.0. The Kier molecular flexibility index (Phi) is 7.42. The van der Waals surface area contributed by atoms with Crippen LogP contribution in [0.2, 0.25) is 0 Å². The van der Waals surface area contributed by atoms with Crippen molar-refractivity contribution < 1.29 is 4.79 Å². The van der Waals surface area contributed by atoms with Gasteiger partial charge in [-0.1, -0.05) is 45.5 Å². The second kappa shape index (κ2) is 9.78. The van der Waals surface area contributed by atoms with Gasteiger partial charge in [-0.05, 0) is 36.6 Å². The van der Waals surface area contributed by atoms with E-state index in [9.17, 15) is 4.79 Å². The molecule has 0 aliphatic carbocycles. The predicted molar refractivity (Wildman–Crippen MR) is 118 cm³/mol. The van der Waals surface area contributed by atoms with Crippen molar-refractivity contribution >= 4 is 66.9 Å². The molecule has 26 heavy (non-hydrogen) atoms. The molecule has 136 valence electrons. The molecule has 0 unspecified atom stereocenters. The zero-order valence-electron chi connectivity index (χ0n) is 14.4. The number of thioether (sulfide) groups is 2. The zero-order valence-corrected chi connectivity index (χ0v) is 18.4. The molecule has 1 amide bonds. The smallest absolute Gasteiger partial charge is 0.249 e. The van der Waals surface area contributed by atoms with E-state index in [4.69, 9.17) is 0 Å². The van der Waals surface area contributed by atoms with Gasteiger partial charge in [0.15, 0.2) is 4.80 Å². The third kappa shape index (κ3) is 5.25. The number of fused-ring (bicyclic) bond motifs is 1. The third-order valence-electron chi connectivity index (χ3n) is 3.71. The van der Waals surface area contributed by atoms with Crippen molar-refractivity contribution in [3.63, 3.8) is 0 Å². The van der Waals surface area contributed by atoms with Gasteiger partial charge in [0.25, 0.3) is 0 Å². The minimum atomic E-state index is -0.0584. The first-order chi connectivity index (χ1) is 12.7. The van der Waals surface area contributed by atoms with E-state index in [0.717, 1.165) is 37.5 Å². The molecule has 3 aromatic rings. The van der Waals surface area contributed by atoms with Crippen LogP contribution >= 0.6 is 50.8 Å². The summed E-state index contributed by atoms with van der Waals surface area (Å²) < 4.78 is 4.34. The highest BCUT2D eigenvalue weighted by Gasteiger charge is 2.08. The van der Waals surface area contributed by atoms with Crippen LogP contribution in [0.4, 0.5) is 0 Å². The molecule has 3 nitrogen and oxygen atoms in total. The number of hydrogen-bond donors (Lipinski definition) is 0. The number of nitrogens with zero attached hydrogens (tertiary/aromatic N) is 2. The van der Waals surface area contributed by atoms with Gasteiger partial charge in [-0.2, -0.15) is 16.8 Å². The van der Waals surface area contributed by atoms with Crippen molar-refractivity contribution in [2.24, 2.45) is 4.99 Å². The van der Waals surface area contributed by atoms with Crippen LogP contribution in [0.3, 0.4) is 0 Å². The van der Waals surface area contributed by atoms with Gasteiger partial charge in [0.1, 0.15) is 0 Å². The van der Waals surface area contributed by atoms with Crippen LogP contribution in [0.5, 0.6) is 0 Å². The van der Waals surface area contributed by atoms with Crippen LogP contribution in [0.1, 0.15) is 6.42 Å². The Hall–Kier alpha value is -1.02. The molecule has 0 N–H and O–H groups in total. The first kappa shape index (κ1) is 19.7. The van der Waals surface area contributed by atoms with Crippen molar-refractivity contribution in [2.75, 3.05) is 17.8 Å². The van der Waals surface area contributed by atoms with Crippen LogP contribution in [0, 0.1) is 0 Å².